The van der Waals surface area contributed by atoms with Gasteiger partial charge in [-0.25, -0.2) is 0 Å². The van der Waals surface area contributed by atoms with Crippen molar-refractivity contribution in [2.24, 2.45) is 5.73 Å². The molecule has 16 heavy (non-hydrogen) atoms. The molecule has 0 aliphatic carbocycles. The highest BCUT2D eigenvalue weighted by atomic mass is 16.1. The van der Waals surface area contributed by atoms with Crippen LogP contribution in [0.4, 0.5) is 0 Å². The first-order chi connectivity index (χ1) is 7.66. The fourth-order valence-electron chi connectivity index (χ4n) is 2.36. The number of likely N-dealkylation sites (N-methyl/N-ethyl adjacent to an activating group) is 1. The van der Waals surface area contributed by atoms with Crippen molar-refractivity contribution in [3.63, 3.8) is 0 Å². The van der Waals surface area contributed by atoms with Gasteiger partial charge in [-0.3, -0.25) is 4.79 Å². The maximum absolute atomic E-state index is 11.0. The van der Waals surface area contributed by atoms with Gasteiger partial charge in [0.2, 0.25) is 5.91 Å². The molecule has 0 saturated carbocycles. The minimum absolute atomic E-state index is 0.354. The minimum Gasteiger partial charge on any atom is -0.366 e. The maximum atomic E-state index is 11.0. The van der Waals surface area contributed by atoms with Gasteiger partial charge in [0.25, 0.3) is 0 Å². The van der Waals surface area contributed by atoms with E-state index in [0.29, 0.717) is 11.5 Å². The Bertz CT molecular complexity index is 372. The number of benzene rings is 1. The van der Waals surface area contributed by atoms with Crippen LogP contribution >= 0.6 is 0 Å². The molecule has 1 aliphatic rings. The van der Waals surface area contributed by atoms with Crippen molar-refractivity contribution in [1.29, 1.82) is 0 Å². The number of carbonyl (C=O) groups excluding carboxylic acids is 1. The van der Waals surface area contributed by atoms with E-state index < -0.39 is 0 Å². The van der Waals surface area contributed by atoms with Crippen molar-refractivity contribution >= 4 is 5.91 Å². The van der Waals surface area contributed by atoms with Crippen LogP contribution in [0.3, 0.4) is 0 Å². The van der Waals surface area contributed by atoms with Gasteiger partial charge >= 0.3 is 0 Å². The predicted molar refractivity (Wildman–Crippen MR) is 64.4 cm³/mol. The highest BCUT2D eigenvalue weighted by molar-refractivity contribution is 5.92. The van der Waals surface area contributed by atoms with E-state index in [-0.39, 0.29) is 5.91 Å². The Morgan fingerprint density at radius 3 is 2.62 bits per heavy atom. The van der Waals surface area contributed by atoms with Gasteiger partial charge in [0, 0.05) is 12.1 Å². The molecule has 0 aromatic heterocycles. The summed E-state index contributed by atoms with van der Waals surface area (Å²) in [7, 11) is 2.16. The number of primary amides is 1. The van der Waals surface area contributed by atoms with Crippen molar-refractivity contribution in [3.8, 4) is 0 Å². The molecule has 0 radical (unpaired) electrons. The molecule has 1 aromatic carbocycles. The number of hydrogen-bond donors (Lipinski definition) is 1. The molecule has 3 heteroatoms. The molecule has 1 aliphatic heterocycles. The lowest BCUT2D eigenvalue weighted by molar-refractivity contribution is 0.100. The molecule has 1 heterocycles. The van der Waals surface area contributed by atoms with Crippen LogP contribution in [0.1, 0.15) is 34.7 Å². The van der Waals surface area contributed by atoms with E-state index in [1.54, 1.807) is 0 Å². The molecule has 2 rings (SSSR count). The zero-order valence-corrected chi connectivity index (χ0v) is 9.65. The van der Waals surface area contributed by atoms with Crippen molar-refractivity contribution in [1.82, 2.24) is 4.90 Å². The summed E-state index contributed by atoms with van der Waals surface area (Å²) in [5.74, 6) is 0.244. The second-order valence-electron chi connectivity index (χ2n) is 4.59. The summed E-state index contributed by atoms with van der Waals surface area (Å²) in [6, 6.07) is 7.71. The highest BCUT2D eigenvalue weighted by Crippen LogP contribution is 2.26. The minimum atomic E-state index is -0.354. The van der Waals surface area contributed by atoms with Gasteiger partial charge in [0.05, 0.1) is 0 Å². The topological polar surface area (TPSA) is 46.3 Å². The predicted octanol–water partition coefficient (Wildman–Crippen LogP) is 1.59. The molecule has 1 saturated heterocycles. The third-order valence-electron chi connectivity index (χ3n) is 3.29. The van der Waals surface area contributed by atoms with Crippen LogP contribution in [0.25, 0.3) is 0 Å². The molecule has 2 N–H and O–H groups in total. The Labute approximate surface area is 96.2 Å². The van der Waals surface area contributed by atoms with Gasteiger partial charge in [-0.2, -0.15) is 0 Å². The number of amides is 1. The zero-order chi connectivity index (χ0) is 11.5. The first kappa shape index (κ1) is 11.1. The summed E-state index contributed by atoms with van der Waals surface area (Å²) < 4.78 is 0. The zero-order valence-electron chi connectivity index (χ0n) is 9.65. The van der Waals surface area contributed by atoms with E-state index >= 15 is 0 Å². The normalized spacial score (nSPS) is 21.9. The van der Waals surface area contributed by atoms with Gasteiger partial charge in [0.1, 0.15) is 0 Å². The van der Waals surface area contributed by atoms with Crippen molar-refractivity contribution < 1.29 is 4.79 Å². The average molecular weight is 218 g/mol. The first-order valence-corrected chi connectivity index (χ1v) is 5.75. The summed E-state index contributed by atoms with van der Waals surface area (Å²) in [6.07, 6.45) is 2.49. The Kier molecular flexibility index (Phi) is 3.25. The third kappa shape index (κ3) is 2.42. The number of nitrogens with two attached hydrogens (primary N) is 1. The fraction of sp³-hybridized carbons (Fsp3) is 0.462. The standard InChI is InChI=1S/C13H18N2O/c1-15-8-2-3-12(9-15)10-4-6-11(7-5-10)13(14)16/h4-7,12H,2-3,8-9H2,1H3,(H2,14,16). The second-order valence-corrected chi connectivity index (χ2v) is 4.59. The SMILES string of the molecule is CN1CCCC(c2ccc(C(N)=O)cc2)C1. The highest BCUT2D eigenvalue weighted by Gasteiger charge is 2.18. The lowest BCUT2D eigenvalue weighted by atomic mass is 9.90. The molecule has 86 valence electrons. The third-order valence-corrected chi connectivity index (χ3v) is 3.29. The quantitative estimate of drug-likeness (QED) is 0.819. The van der Waals surface area contributed by atoms with Gasteiger partial charge in [0.15, 0.2) is 0 Å². The van der Waals surface area contributed by atoms with Crippen molar-refractivity contribution in [3.05, 3.63) is 35.4 Å². The van der Waals surface area contributed by atoms with Crippen molar-refractivity contribution in [2.45, 2.75) is 18.8 Å². The number of rotatable bonds is 2. The lowest BCUT2D eigenvalue weighted by Crippen LogP contribution is -2.30. The number of nitrogens with zero attached hydrogens (tertiary/aromatic N) is 1. The van der Waals surface area contributed by atoms with Gasteiger partial charge in [-0.1, -0.05) is 12.1 Å². The Hall–Kier alpha value is -1.35. The Morgan fingerprint density at radius 1 is 1.38 bits per heavy atom. The molecular weight excluding hydrogens is 200 g/mol. The molecule has 1 atom stereocenters. The second kappa shape index (κ2) is 4.66. The number of hydrogen-bond acceptors (Lipinski definition) is 2. The number of carbonyl (C=O) groups is 1. The molecular formula is C13H18N2O. The van der Waals surface area contributed by atoms with Crippen LogP contribution in [0.5, 0.6) is 0 Å². The monoisotopic (exact) mass is 218 g/mol. The van der Waals surface area contributed by atoms with Gasteiger partial charge < -0.3 is 10.6 Å². The van der Waals surface area contributed by atoms with Gasteiger partial charge in [-0.15, -0.1) is 0 Å². The molecule has 1 amide bonds. The molecule has 0 bridgehead atoms. The summed E-state index contributed by atoms with van der Waals surface area (Å²) in [5.41, 5.74) is 7.12. The van der Waals surface area contributed by atoms with E-state index in [4.69, 9.17) is 5.73 Å². The van der Waals surface area contributed by atoms with E-state index in [9.17, 15) is 4.79 Å². The van der Waals surface area contributed by atoms with Crippen molar-refractivity contribution in [2.75, 3.05) is 20.1 Å². The maximum Gasteiger partial charge on any atom is 0.248 e. The van der Waals surface area contributed by atoms with E-state index in [1.165, 1.54) is 24.9 Å². The van der Waals surface area contributed by atoms with E-state index in [1.807, 2.05) is 24.3 Å². The van der Waals surface area contributed by atoms with E-state index in [0.717, 1.165) is 6.54 Å². The van der Waals surface area contributed by atoms with Crippen LogP contribution in [0.2, 0.25) is 0 Å². The van der Waals surface area contributed by atoms with E-state index in [2.05, 4.69) is 11.9 Å². The fourth-order valence-corrected chi connectivity index (χ4v) is 2.36. The molecule has 0 spiro atoms. The van der Waals surface area contributed by atoms with Crippen LogP contribution in [-0.2, 0) is 0 Å². The van der Waals surface area contributed by atoms with Crippen LogP contribution in [0.15, 0.2) is 24.3 Å². The first-order valence-electron chi connectivity index (χ1n) is 5.75. The number of likely N-dealkylation sites (tertiary alicyclic amines) is 1. The Balaban J connectivity index is 2.11. The molecule has 1 aromatic rings. The lowest BCUT2D eigenvalue weighted by Gasteiger charge is -2.29. The molecule has 1 unspecified atom stereocenters. The van der Waals surface area contributed by atoms with Gasteiger partial charge in [-0.05, 0) is 50.0 Å². The summed E-state index contributed by atoms with van der Waals surface area (Å²) in [5, 5.41) is 0. The molecule has 3 nitrogen and oxygen atoms in total. The largest absolute Gasteiger partial charge is 0.366 e. The Morgan fingerprint density at radius 2 is 2.06 bits per heavy atom. The smallest absolute Gasteiger partial charge is 0.248 e. The van der Waals surface area contributed by atoms with Crippen LogP contribution in [-0.4, -0.2) is 30.9 Å². The average Bonchev–Trinajstić information content (AvgIpc) is 2.29. The van der Waals surface area contributed by atoms with Crippen LogP contribution in [0, 0.1) is 0 Å². The summed E-state index contributed by atoms with van der Waals surface area (Å²) >= 11 is 0. The summed E-state index contributed by atoms with van der Waals surface area (Å²) in [6.45, 7) is 2.30. The van der Waals surface area contributed by atoms with Crippen LogP contribution < -0.4 is 5.73 Å². The summed E-state index contributed by atoms with van der Waals surface area (Å²) in [4.78, 5) is 13.3. The number of piperidine rings is 1. The molecule has 1 fully saturated rings.